The smallest absolute Gasteiger partial charge is 0.247 e. The molecule has 0 aromatic carbocycles. The minimum atomic E-state index is -0.378. The summed E-state index contributed by atoms with van der Waals surface area (Å²) >= 11 is 5.51. The lowest BCUT2D eigenvalue weighted by Crippen LogP contribution is -2.51. The van der Waals surface area contributed by atoms with Crippen LogP contribution in [0.4, 0.5) is 0 Å². The second-order valence-corrected chi connectivity index (χ2v) is 13.2. The highest BCUT2D eigenvalue weighted by Gasteiger charge is 2.59. The number of hydrogen-bond donors (Lipinski definition) is 0. The predicted octanol–water partition coefficient (Wildman–Crippen LogP) is 8.18. The number of carbonyl (C=O) groups is 1. The van der Waals surface area contributed by atoms with Gasteiger partial charge in [0, 0.05) is 0 Å². The van der Waals surface area contributed by atoms with Crippen LogP contribution < -0.4 is 0 Å². The number of fused-ring (bicyclic) bond motifs is 5. The third kappa shape index (κ3) is 4.61. The van der Waals surface area contributed by atoms with Crippen molar-refractivity contribution in [3.05, 3.63) is 11.6 Å². The molecule has 0 aromatic heterocycles. The highest BCUT2D eigenvalue weighted by atomic mass is 35.5. The van der Waals surface area contributed by atoms with E-state index in [9.17, 15) is 4.79 Å². The van der Waals surface area contributed by atoms with Crippen LogP contribution in [-0.2, 0) is 9.53 Å². The molecule has 0 unspecified atom stereocenters. The van der Waals surface area contributed by atoms with Gasteiger partial charge in [0.15, 0.2) is 0 Å². The van der Waals surface area contributed by atoms with Crippen molar-refractivity contribution in [3.63, 3.8) is 0 Å². The molecule has 4 aliphatic carbocycles. The van der Waals surface area contributed by atoms with Gasteiger partial charge in [0.2, 0.25) is 5.24 Å². The number of ether oxygens (including phenoxy) is 1. The number of carbonyl (C=O) groups excluding carboxylic acids is 1. The molecular weight excluding hydrogens is 416 g/mol. The number of allylic oxidation sites excluding steroid dienone is 1. The van der Waals surface area contributed by atoms with Gasteiger partial charge in [-0.05, 0) is 109 Å². The van der Waals surface area contributed by atoms with Crippen LogP contribution in [0.15, 0.2) is 11.6 Å². The third-order valence-electron chi connectivity index (χ3n) is 10.7. The van der Waals surface area contributed by atoms with E-state index in [1.165, 1.54) is 57.8 Å². The van der Waals surface area contributed by atoms with Crippen LogP contribution in [0.5, 0.6) is 0 Å². The quantitative estimate of drug-likeness (QED) is 0.268. The molecule has 0 saturated heterocycles. The van der Waals surface area contributed by atoms with Crippen molar-refractivity contribution in [2.75, 3.05) is 6.61 Å². The molecule has 0 N–H and O–H groups in total. The summed E-state index contributed by atoms with van der Waals surface area (Å²) in [5, 5.41) is -0.378. The molecule has 2 nitrogen and oxygen atoms in total. The van der Waals surface area contributed by atoms with E-state index in [0.717, 1.165) is 48.3 Å². The first-order valence-corrected chi connectivity index (χ1v) is 14.0. The van der Waals surface area contributed by atoms with Gasteiger partial charge in [-0.3, -0.25) is 4.79 Å². The van der Waals surface area contributed by atoms with Gasteiger partial charge in [0.25, 0.3) is 0 Å². The van der Waals surface area contributed by atoms with Gasteiger partial charge in [-0.2, -0.15) is 0 Å². The standard InChI is InChI=1S/C29H47ClO2/c1-19(2)7-6-8-20(3)24-11-12-25-23-10-9-21-17-22(32-18-27(30)31)13-15-28(21,4)26(23)14-16-29(24,25)5/h9,19-20,22-26H,6-8,10-18H2,1-5H3/t20-,22+,23+,24-,25+,26+,28+,29-/m1/s1. The Morgan fingerprint density at radius 3 is 2.59 bits per heavy atom. The zero-order valence-electron chi connectivity index (χ0n) is 21.3. The van der Waals surface area contributed by atoms with Gasteiger partial charge in [0.1, 0.15) is 6.61 Å². The molecule has 3 fully saturated rings. The van der Waals surface area contributed by atoms with Crippen molar-refractivity contribution in [1.29, 1.82) is 0 Å². The Kier molecular flexibility index (Phi) is 7.53. The van der Waals surface area contributed by atoms with E-state index in [1.54, 1.807) is 5.57 Å². The number of halogens is 1. The molecule has 8 atom stereocenters. The SMILES string of the molecule is CC(C)CCC[C@@H](C)[C@H]1CC[C@H]2[C@@H]3CC=C4C[C@@H](OCC(=O)Cl)CC[C@]4(C)[C@H]3CC[C@]12C. The van der Waals surface area contributed by atoms with Gasteiger partial charge in [-0.25, -0.2) is 0 Å². The molecule has 0 heterocycles. The van der Waals surface area contributed by atoms with Gasteiger partial charge in [-0.15, -0.1) is 0 Å². The van der Waals surface area contributed by atoms with Crippen molar-refractivity contribution in [2.45, 2.75) is 111 Å². The molecule has 4 aliphatic rings. The van der Waals surface area contributed by atoms with E-state index in [1.807, 2.05) is 0 Å². The van der Waals surface area contributed by atoms with Crippen LogP contribution >= 0.6 is 11.6 Å². The highest BCUT2D eigenvalue weighted by Crippen LogP contribution is 2.67. The summed E-state index contributed by atoms with van der Waals surface area (Å²) in [6, 6.07) is 0. The molecular formula is C29H47ClO2. The fraction of sp³-hybridized carbons (Fsp3) is 0.897. The highest BCUT2D eigenvalue weighted by molar-refractivity contribution is 6.63. The van der Waals surface area contributed by atoms with Crippen molar-refractivity contribution in [2.24, 2.45) is 46.3 Å². The molecule has 0 aliphatic heterocycles. The maximum absolute atomic E-state index is 11.1. The molecule has 0 amide bonds. The first-order valence-electron chi connectivity index (χ1n) is 13.6. The Morgan fingerprint density at radius 2 is 1.88 bits per heavy atom. The first kappa shape index (κ1) is 24.8. The molecule has 3 heteroatoms. The van der Waals surface area contributed by atoms with Gasteiger partial charge >= 0.3 is 0 Å². The normalized spacial score (nSPS) is 42.1. The Balaban J connectivity index is 1.44. The van der Waals surface area contributed by atoms with Crippen LogP contribution in [0.2, 0.25) is 0 Å². The minimum Gasteiger partial charge on any atom is -0.369 e. The summed E-state index contributed by atoms with van der Waals surface area (Å²) in [7, 11) is 0. The van der Waals surface area contributed by atoms with Crippen LogP contribution in [-0.4, -0.2) is 18.0 Å². The summed E-state index contributed by atoms with van der Waals surface area (Å²) < 4.78 is 5.82. The minimum absolute atomic E-state index is 0.0550. The number of rotatable bonds is 8. The molecule has 0 spiro atoms. The summed E-state index contributed by atoms with van der Waals surface area (Å²) in [6.45, 7) is 12.6. The van der Waals surface area contributed by atoms with E-state index in [4.69, 9.17) is 16.3 Å². The Hall–Kier alpha value is -0.340. The van der Waals surface area contributed by atoms with E-state index >= 15 is 0 Å². The van der Waals surface area contributed by atoms with Crippen LogP contribution in [0, 0.1) is 46.3 Å². The molecule has 0 aromatic rings. The summed E-state index contributed by atoms with van der Waals surface area (Å²) in [5.41, 5.74) is 2.52. The lowest BCUT2D eigenvalue weighted by molar-refractivity contribution is -0.119. The lowest BCUT2D eigenvalue weighted by atomic mass is 9.47. The Morgan fingerprint density at radius 1 is 1.09 bits per heavy atom. The third-order valence-corrected chi connectivity index (χ3v) is 10.8. The molecule has 182 valence electrons. The average molecular weight is 463 g/mol. The first-order chi connectivity index (χ1) is 15.1. The van der Waals surface area contributed by atoms with Crippen molar-refractivity contribution < 1.29 is 9.53 Å². The Labute approximate surface area is 202 Å². The summed E-state index contributed by atoms with van der Waals surface area (Å²) in [4.78, 5) is 11.1. The zero-order chi connectivity index (χ0) is 23.1. The summed E-state index contributed by atoms with van der Waals surface area (Å²) in [6.07, 6.45) is 17.3. The number of hydrogen-bond acceptors (Lipinski definition) is 2. The van der Waals surface area contributed by atoms with E-state index in [2.05, 4.69) is 40.7 Å². The van der Waals surface area contributed by atoms with E-state index in [0.29, 0.717) is 10.8 Å². The largest absolute Gasteiger partial charge is 0.369 e. The van der Waals surface area contributed by atoms with Crippen LogP contribution in [0.3, 0.4) is 0 Å². The van der Waals surface area contributed by atoms with Crippen molar-refractivity contribution in [1.82, 2.24) is 0 Å². The van der Waals surface area contributed by atoms with Gasteiger partial charge in [0.05, 0.1) is 6.10 Å². The van der Waals surface area contributed by atoms with Gasteiger partial charge in [-0.1, -0.05) is 65.5 Å². The molecule has 0 bridgehead atoms. The van der Waals surface area contributed by atoms with E-state index in [-0.39, 0.29) is 18.0 Å². The second-order valence-electron chi connectivity index (χ2n) is 12.8. The molecule has 3 saturated carbocycles. The van der Waals surface area contributed by atoms with Crippen molar-refractivity contribution >= 4 is 16.8 Å². The fourth-order valence-corrected chi connectivity index (χ4v) is 9.04. The van der Waals surface area contributed by atoms with Crippen molar-refractivity contribution in [3.8, 4) is 0 Å². The molecule has 32 heavy (non-hydrogen) atoms. The maximum atomic E-state index is 11.1. The maximum Gasteiger partial charge on any atom is 0.247 e. The molecule has 0 radical (unpaired) electrons. The Bertz CT molecular complexity index is 714. The average Bonchev–Trinajstić information content (AvgIpc) is 3.09. The predicted molar refractivity (Wildman–Crippen MR) is 134 cm³/mol. The monoisotopic (exact) mass is 462 g/mol. The van der Waals surface area contributed by atoms with Crippen LogP contribution in [0.25, 0.3) is 0 Å². The zero-order valence-corrected chi connectivity index (χ0v) is 22.1. The summed E-state index contributed by atoms with van der Waals surface area (Å²) in [5.74, 6) is 5.27. The fourth-order valence-electron chi connectivity index (χ4n) is 8.98. The van der Waals surface area contributed by atoms with Crippen LogP contribution in [0.1, 0.15) is 105 Å². The van der Waals surface area contributed by atoms with Gasteiger partial charge < -0.3 is 4.74 Å². The van der Waals surface area contributed by atoms with E-state index < -0.39 is 0 Å². The lowest BCUT2D eigenvalue weighted by Gasteiger charge is -2.58. The topological polar surface area (TPSA) is 26.3 Å². The molecule has 4 rings (SSSR count). The second kappa shape index (κ2) is 9.73.